The highest BCUT2D eigenvalue weighted by Gasteiger charge is 2.48. The summed E-state index contributed by atoms with van der Waals surface area (Å²) in [7, 11) is 0. The van der Waals surface area contributed by atoms with Gasteiger partial charge in [-0.15, -0.1) is 0 Å². The largest absolute Gasteiger partial charge is 0.490 e. The van der Waals surface area contributed by atoms with Crippen LogP contribution in [-0.2, 0) is 16.1 Å². The number of carboxylic acid groups (broad SMARTS) is 1. The number of ether oxygens (including phenoxy) is 1. The maximum Gasteiger partial charge on any atom is 0.490 e. The van der Waals surface area contributed by atoms with Gasteiger partial charge >= 0.3 is 12.1 Å². The number of alkyl halides is 3. The smallest absolute Gasteiger partial charge is 0.475 e. The molecule has 224 valence electrons. The van der Waals surface area contributed by atoms with E-state index in [-0.39, 0.29) is 5.91 Å². The fourth-order valence-corrected chi connectivity index (χ4v) is 6.29. The molecule has 3 N–H and O–H groups in total. The fraction of sp³-hybridized carbons (Fsp3) is 0.533. The summed E-state index contributed by atoms with van der Waals surface area (Å²) in [4.78, 5) is 24.3. The Morgan fingerprint density at radius 3 is 2.34 bits per heavy atom. The van der Waals surface area contributed by atoms with Gasteiger partial charge in [0.25, 0.3) is 5.91 Å². The van der Waals surface area contributed by atoms with Crippen LogP contribution in [0.25, 0.3) is 0 Å². The average Bonchev–Trinajstić information content (AvgIpc) is 3.61. The minimum Gasteiger partial charge on any atom is -0.475 e. The lowest BCUT2D eigenvalue weighted by atomic mass is 10.0. The van der Waals surface area contributed by atoms with Gasteiger partial charge in [0.2, 0.25) is 0 Å². The van der Waals surface area contributed by atoms with Crippen molar-refractivity contribution in [2.24, 2.45) is 0 Å². The standard InChI is InChI=1S/C28H38N4O2.C2HF3O2/c1-21-18-25(32(15-3-4-22(32)2)26-11-12-29-19-26)9-10-27(21)30-28(33)24-7-5-23(6-8-24)20-31-13-16-34-17-14-31;3-2(4,5)1(6)7/h5-10,18,22,26,29H,3-4,11-17,19-20H2,1-2H3;(H,6,7)/p+1. The number of anilines is 1. The summed E-state index contributed by atoms with van der Waals surface area (Å²) in [6.07, 6.45) is -1.27. The molecule has 0 radical (unpaired) electrons. The molecule has 0 aromatic heterocycles. The van der Waals surface area contributed by atoms with Crippen LogP contribution in [0.4, 0.5) is 24.5 Å². The number of benzene rings is 2. The lowest BCUT2D eigenvalue weighted by Crippen LogP contribution is -2.59. The number of hydrogen-bond acceptors (Lipinski definition) is 5. The van der Waals surface area contributed by atoms with Crippen LogP contribution in [-0.4, -0.2) is 86.1 Å². The molecule has 3 atom stereocenters. The summed E-state index contributed by atoms with van der Waals surface area (Å²) in [6, 6.07) is 16.0. The molecular weight excluding hydrogens is 537 g/mol. The zero-order chi connectivity index (χ0) is 29.6. The Kier molecular flexibility index (Phi) is 10.1. The van der Waals surface area contributed by atoms with Gasteiger partial charge < -0.3 is 20.5 Å². The van der Waals surface area contributed by atoms with Crippen LogP contribution in [0.15, 0.2) is 42.5 Å². The van der Waals surface area contributed by atoms with E-state index < -0.39 is 12.1 Å². The molecule has 0 bridgehead atoms. The number of aryl methyl sites for hydroxylation is 1. The second-order valence-corrected chi connectivity index (χ2v) is 11.1. The van der Waals surface area contributed by atoms with Crippen LogP contribution in [0.3, 0.4) is 0 Å². The first kappa shape index (κ1) is 31.0. The first-order valence-electron chi connectivity index (χ1n) is 14.2. The van der Waals surface area contributed by atoms with E-state index in [4.69, 9.17) is 14.6 Å². The van der Waals surface area contributed by atoms with Gasteiger partial charge in [-0.05, 0) is 43.2 Å². The number of carbonyl (C=O) groups excluding carboxylic acids is 1. The lowest BCUT2D eigenvalue weighted by molar-refractivity contribution is -0.192. The first-order valence-corrected chi connectivity index (χ1v) is 14.2. The van der Waals surface area contributed by atoms with Crippen LogP contribution in [0.2, 0.25) is 0 Å². The highest BCUT2D eigenvalue weighted by Crippen LogP contribution is 2.40. The number of aliphatic carboxylic acids is 1. The van der Waals surface area contributed by atoms with Crippen molar-refractivity contribution in [2.75, 3.05) is 51.3 Å². The van der Waals surface area contributed by atoms with Crippen molar-refractivity contribution in [2.45, 2.75) is 57.9 Å². The van der Waals surface area contributed by atoms with Crippen LogP contribution in [0.5, 0.6) is 0 Å². The summed E-state index contributed by atoms with van der Waals surface area (Å²) < 4.78 is 38.3. The second kappa shape index (κ2) is 13.3. The first-order chi connectivity index (χ1) is 19.5. The molecule has 3 aliphatic heterocycles. The van der Waals surface area contributed by atoms with E-state index in [1.54, 1.807) is 0 Å². The normalized spacial score (nSPS) is 24.9. The molecule has 11 heteroatoms. The van der Waals surface area contributed by atoms with E-state index in [0.29, 0.717) is 17.6 Å². The highest BCUT2D eigenvalue weighted by atomic mass is 19.4. The van der Waals surface area contributed by atoms with Gasteiger partial charge in [0.15, 0.2) is 0 Å². The minimum absolute atomic E-state index is 0.0489. The Morgan fingerprint density at radius 2 is 1.80 bits per heavy atom. The molecule has 3 heterocycles. The van der Waals surface area contributed by atoms with Crippen LogP contribution >= 0.6 is 0 Å². The molecule has 2 aromatic carbocycles. The Labute approximate surface area is 239 Å². The Morgan fingerprint density at radius 1 is 1.12 bits per heavy atom. The van der Waals surface area contributed by atoms with Crippen LogP contribution in [0, 0.1) is 6.92 Å². The summed E-state index contributed by atoms with van der Waals surface area (Å²) in [6.45, 7) is 12.4. The number of carbonyl (C=O) groups is 2. The number of nitrogens with zero attached hydrogens (tertiary/aromatic N) is 2. The molecule has 2 aromatic rings. The van der Waals surface area contributed by atoms with E-state index in [9.17, 15) is 18.0 Å². The number of nitrogens with one attached hydrogen (secondary N) is 2. The quantitative estimate of drug-likeness (QED) is 0.436. The number of quaternary nitrogens is 1. The van der Waals surface area contributed by atoms with Crippen molar-refractivity contribution in [3.8, 4) is 0 Å². The van der Waals surface area contributed by atoms with E-state index in [1.165, 1.54) is 37.1 Å². The SMILES string of the molecule is Cc1cc([N+]2(C3CCNC3)CCCC2C)ccc1NC(=O)c1ccc(CN2CCOCC2)cc1.O=C(O)C(F)(F)F. The summed E-state index contributed by atoms with van der Waals surface area (Å²) in [5.41, 5.74) is 5.37. The third-order valence-electron chi connectivity index (χ3n) is 8.53. The monoisotopic (exact) mass is 577 g/mol. The van der Waals surface area contributed by atoms with Crippen molar-refractivity contribution in [3.05, 3.63) is 59.2 Å². The molecule has 8 nitrogen and oxygen atoms in total. The molecule has 1 amide bonds. The Hall–Kier alpha value is -2.99. The van der Waals surface area contributed by atoms with Gasteiger partial charge in [0, 0.05) is 75.4 Å². The zero-order valence-electron chi connectivity index (χ0n) is 23.7. The molecule has 3 aliphatic rings. The number of rotatable bonds is 6. The number of carboxylic acids is 1. The van der Waals surface area contributed by atoms with E-state index in [1.807, 2.05) is 12.1 Å². The van der Waals surface area contributed by atoms with E-state index in [0.717, 1.165) is 61.7 Å². The topological polar surface area (TPSA) is 90.9 Å². The van der Waals surface area contributed by atoms with E-state index >= 15 is 0 Å². The highest BCUT2D eigenvalue weighted by molar-refractivity contribution is 6.04. The third kappa shape index (κ3) is 7.45. The molecule has 3 unspecified atom stereocenters. The lowest BCUT2D eigenvalue weighted by Gasteiger charge is -2.43. The van der Waals surface area contributed by atoms with Crippen molar-refractivity contribution in [1.82, 2.24) is 14.7 Å². The predicted molar refractivity (Wildman–Crippen MR) is 152 cm³/mol. The summed E-state index contributed by atoms with van der Waals surface area (Å²) in [5, 5.41) is 13.9. The number of amides is 1. The van der Waals surface area contributed by atoms with Crippen molar-refractivity contribution in [3.63, 3.8) is 0 Å². The molecule has 3 saturated heterocycles. The number of hydrogen-bond donors (Lipinski definition) is 3. The maximum atomic E-state index is 13.0. The fourth-order valence-electron chi connectivity index (χ4n) is 6.29. The molecule has 0 aliphatic carbocycles. The Bertz CT molecular complexity index is 1200. The van der Waals surface area contributed by atoms with Gasteiger partial charge in [-0.2, -0.15) is 13.2 Å². The van der Waals surface area contributed by atoms with Gasteiger partial charge in [-0.1, -0.05) is 12.1 Å². The van der Waals surface area contributed by atoms with Crippen molar-refractivity contribution < 1.29 is 32.6 Å². The molecule has 5 rings (SSSR count). The van der Waals surface area contributed by atoms with Crippen molar-refractivity contribution in [1.29, 1.82) is 0 Å². The molecular formula is C30H40F3N4O4+. The number of likely N-dealkylation sites (tertiary alicyclic amines) is 1. The third-order valence-corrected chi connectivity index (χ3v) is 8.53. The molecule has 0 spiro atoms. The van der Waals surface area contributed by atoms with Crippen molar-refractivity contribution >= 4 is 23.3 Å². The molecule has 41 heavy (non-hydrogen) atoms. The van der Waals surface area contributed by atoms with Gasteiger partial charge in [-0.25, -0.2) is 4.79 Å². The zero-order valence-corrected chi connectivity index (χ0v) is 23.7. The van der Waals surface area contributed by atoms with Gasteiger partial charge in [0.05, 0.1) is 25.8 Å². The minimum atomic E-state index is -5.08. The van der Waals surface area contributed by atoms with Gasteiger partial charge in [0.1, 0.15) is 11.7 Å². The summed E-state index contributed by atoms with van der Waals surface area (Å²) in [5.74, 6) is -2.81. The number of halogens is 3. The van der Waals surface area contributed by atoms with Crippen LogP contribution < -0.4 is 15.1 Å². The predicted octanol–water partition coefficient (Wildman–Crippen LogP) is 4.56. The summed E-state index contributed by atoms with van der Waals surface area (Å²) >= 11 is 0. The van der Waals surface area contributed by atoms with Gasteiger partial charge in [-0.3, -0.25) is 14.2 Å². The molecule has 3 fully saturated rings. The molecule has 0 saturated carbocycles. The van der Waals surface area contributed by atoms with Crippen LogP contribution in [0.1, 0.15) is 47.7 Å². The van der Waals surface area contributed by atoms with E-state index in [2.05, 4.69) is 59.7 Å². The Balaban J connectivity index is 0.000000493. The number of morpholine rings is 1. The average molecular weight is 578 g/mol. The maximum absolute atomic E-state index is 13.0. The second-order valence-electron chi connectivity index (χ2n) is 11.1.